The second-order valence-electron chi connectivity index (χ2n) is 3.78. The van der Waals surface area contributed by atoms with Crippen molar-refractivity contribution in [3.8, 4) is 0 Å². The molecule has 0 fully saturated rings. The first-order valence-corrected chi connectivity index (χ1v) is 7.86. The number of aryl methyl sites for hydroxylation is 1. The van der Waals surface area contributed by atoms with Crippen molar-refractivity contribution in [2.75, 3.05) is 24.3 Å². The molecule has 0 aliphatic heterocycles. The van der Waals surface area contributed by atoms with Gasteiger partial charge in [0.15, 0.2) is 5.13 Å². The van der Waals surface area contributed by atoms with Gasteiger partial charge in [-0.3, -0.25) is 4.79 Å². The van der Waals surface area contributed by atoms with Gasteiger partial charge in [0.2, 0.25) is 0 Å². The van der Waals surface area contributed by atoms with Gasteiger partial charge >= 0.3 is 0 Å². The summed E-state index contributed by atoms with van der Waals surface area (Å²) in [6.45, 7) is 2.53. The molecule has 0 aliphatic carbocycles. The Bertz CT molecular complexity index is 366. The predicted octanol–water partition coefficient (Wildman–Crippen LogP) is 2.30. The monoisotopic (exact) mass is 273 g/mol. The van der Waals surface area contributed by atoms with Crippen LogP contribution in [0.25, 0.3) is 0 Å². The van der Waals surface area contributed by atoms with Gasteiger partial charge in [0, 0.05) is 6.54 Å². The lowest BCUT2D eigenvalue weighted by molar-refractivity contribution is 0.0956. The molecule has 4 nitrogen and oxygen atoms in total. The van der Waals surface area contributed by atoms with E-state index in [0.717, 1.165) is 19.4 Å². The van der Waals surface area contributed by atoms with Crippen LogP contribution in [0, 0.1) is 6.92 Å². The molecule has 3 N–H and O–H groups in total. The minimum Gasteiger partial charge on any atom is -0.375 e. The van der Waals surface area contributed by atoms with Crippen LogP contribution in [-0.4, -0.2) is 29.4 Å². The van der Waals surface area contributed by atoms with Crippen molar-refractivity contribution >= 4 is 34.1 Å². The Morgan fingerprint density at radius 2 is 2.24 bits per heavy atom. The lowest BCUT2D eigenvalue weighted by Gasteiger charge is -2.03. The summed E-state index contributed by atoms with van der Waals surface area (Å²) >= 11 is 3.11. The van der Waals surface area contributed by atoms with Gasteiger partial charge < -0.3 is 11.1 Å². The molecule has 0 unspecified atom stereocenters. The smallest absolute Gasteiger partial charge is 0.263 e. The zero-order valence-corrected chi connectivity index (χ0v) is 11.9. The number of anilines is 1. The maximum Gasteiger partial charge on any atom is 0.263 e. The van der Waals surface area contributed by atoms with E-state index in [0.29, 0.717) is 15.7 Å². The average molecular weight is 273 g/mol. The molecule has 1 amide bonds. The maximum absolute atomic E-state index is 11.8. The Balaban J connectivity index is 2.23. The first-order valence-electron chi connectivity index (χ1n) is 5.65. The van der Waals surface area contributed by atoms with Crippen molar-refractivity contribution < 1.29 is 4.79 Å². The van der Waals surface area contributed by atoms with Crippen LogP contribution in [0.4, 0.5) is 5.13 Å². The van der Waals surface area contributed by atoms with E-state index in [1.54, 1.807) is 6.92 Å². The fourth-order valence-electron chi connectivity index (χ4n) is 1.46. The van der Waals surface area contributed by atoms with Crippen molar-refractivity contribution in [1.29, 1.82) is 0 Å². The van der Waals surface area contributed by atoms with E-state index in [2.05, 4.69) is 16.6 Å². The molecule has 0 spiro atoms. The molecule has 1 aromatic heterocycles. The molecule has 1 heterocycles. The van der Waals surface area contributed by atoms with Crippen molar-refractivity contribution in [3.63, 3.8) is 0 Å². The molecule has 0 atom stereocenters. The maximum atomic E-state index is 11.8. The zero-order valence-electron chi connectivity index (χ0n) is 10.3. The van der Waals surface area contributed by atoms with E-state index in [1.165, 1.54) is 23.5 Å². The molecule has 0 radical (unpaired) electrons. The van der Waals surface area contributed by atoms with Gasteiger partial charge in [-0.15, -0.1) is 0 Å². The third kappa shape index (κ3) is 4.95. The van der Waals surface area contributed by atoms with Crippen LogP contribution in [-0.2, 0) is 0 Å². The summed E-state index contributed by atoms with van der Waals surface area (Å²) in [4.78, 5) is 16.4. The minimum absolute atomic E-state index is 0.0541. The Kier molecular flexibility index (Phi) is 6.36. The standard InChI is InChI=1S/C11H19N3OS2/c1-8-9(17-11(12)14-8)10(15)13-6-4-3-5-7-16-2/h3-7H2,1-2H3,(H2,12,14)(H,13,15). The largest absolute Gasteiger partial charge is 0.375 e. The molecule has 96 valence electrons. The lowest BCUT2D eigenvalue weighted by Crippen LogP contribution is -2.24. The third-order valence-corrected chi connectivity index (χ3v) is 4.01. The van der Waals surface area contributed by atoms with Gasteiger partial charge in [0.05, 0.1) is 5.69 Å². The fourth-order valence-corrected chi connectivity index (χ4v) is 2.70. The quantitative estimate of drug-likeness (QED) is 0.748. The van der Waals surface area contributed by atoms with E-state index in [9.17, 15) is 4.79 Å². The van der Waals surface area contributed by atoms with Crippen LogP contribution in [0.2, 0.25) is 0 Å². The molecule has 0 aliphatic rings. The van der Waals surface area contributed by atoms with Gasteiger partial charge in [0.25, 0.3) is 5.91 Å². The molecule has 0 saturated carbocycles. The third-order valence-electron chi connectivity index (χ3n) is 2.33. The number of thioether (sulfide) groups is 1. The molecule has 6 heteroatoms. The van der Waals surface area contributed by atoms with Crippen molar-refractivity contribution in [2.24, 2.45) is 0 Å². The van der Waals surface area contributed by atoms with E-state index >= 15 is 0 Å². The molecule has 0 saturated heterocycles. The summed E-state index contributed by atoms with van der Waals surface area (Å²) in [5.74, 6) is 1.14. The van der Waals surface area contributed by atoms with E-state index in [4.69, 9.17) is 5.73 Å². The molecule has 0 bridgehead atoms. The Morgan fingerprint density at radius 1 is 1.47 bits per heavy atom. The van der Waals surface area contributed by atoms with Crippen LogP contribution in [0.1, 0.15) is 34.6 Å². The number of nitrogens with one attached hydrogen (secondary N) is 1. The number of unbranched alkanes of at least 4 members (excludes halogenated alkanes) is 2. The molecule has 17 heavy (non-hydrogen) atoms. The number of aromatic nitrogens is 1. The summed E-state index contributed by atoms with van der Waals surface area (Å²) in [6, 6.07) is 0. The summed E-state index contributed by atoms with van der Waals surface area (Å²) in [6.07, 6.45) is 5.51. The van der Waals surface area contributed by atoms with Crippen LogP contribution in [0.15, 0.2) is 0 Å². The highest BCUT2D eigenvalue weighted by atomic mass is 32.2. The van der Waals surface area contributed by atoms with Crippen molar-refractivity contribution in [2.45, 2.75) is 26.2 Å². The molecule has 1 rings (SSSR count). The highest BCUT2D eigenvalue weighted by molar-refractivity contribution is 7.98. The van der Waals surface area contributed by atoms with Gasteiger partial charge in [-0.2, -0.15) is 11.8 Å². The number of thiazole rings is 1. The Morgan fingerprint density at radius 3 is 2.82 bits per heavy atom. The van der Waals surface area contributed by atoms with Crippen molar-refractivity contribution in [3.05, 3.63) is 10.6 Å². The number of nitrogen functional groups attached to an aromatic ring is 1. The topological polar surface area (TPSA) is 68.0 Å². The number of nitrogens with zero attached hydrogens (tertiary/aromatic N) is 1. The summed E-state index contributed by atoms with van der Waals surface area (Å²) in [7, 11) is 0. The summed E-state index contributed by atoms with van der Waals surface area (Å²) in [5.41, 5.74) is 6.27. The number of nitrogens with two attached hydrogens (primary N) is 1. The van der Waals surface area contributed by atoms with Crippen molar-refractivity contribution in [1.82, 2.24) is 10.3 Å². The number of hydrogen-bond acceptors (Lipinski definition) is 5. The number of amides is 1. The van der Waals surface area contributed by atoms with Crippen LogP contribution in [0.5, 0.6) is 0 Å². The summed E-state index contributed by atoms with van der Waals surface area (Å²) in [5, 5.41) is 3.35. The van der Waals surface area contributed by atoms with E-state index in [-0.39, 0.29) is 5.91 Å². The van der Waals surface area contributed by atoms with E-state index in [1.807, 2.05) is 11.8 Å². The average Bonchev–Trinajstić information content (AvgIpc) is 2.62. The number of carbonyl (C=O) groups excluding carboxylic acids is 1. The SMILES string of the molecule is CSCCCCCNC(=O)c1sc(N)nc1C. The molecular weight excluding hydrogens is 254 g/mol. The van der Waals surface area contributed by atoms with Gasteiger partial charge in [0.1, 0.15) is 4.88 Å². The number of carbonyl (C=O) groups is 1. The Hall–Kier alpha value is -0.750. The highest BCUT2D eigenvalue weighted by Crippen LogP contribution is 2.19. The second kappa shape index (κ2) is 7.55. The second-order valence-corrected chi connectivity index (χ2v) is 5.79. The fraction of sp³-hybridized carbons (Fsp3) is 0.636. The van der Waals surface area contributed by atoms with E-state index < -0.39 is 0 Å². The van der Waals surface area contributed by atoms with Crippen LogP contribution in [0.3, 0.4) is 0 Å². The molecule has 1 aromatic rings. The molecule has 0 aromatic carbocycles. The lowest BCUT2D eigenvalue weighted by atomic mass is 10.2. The zero-order chi connectivity index (χ0) is 12.7. The highest BCUT2D eigenvalue weighted by Gasteiger charge is 2.13. The van der Waals surface area contributed by atoms with Crippen LogP contribution < -0.4 is 11.1 Å². The van der Waals surface area contributed by atoms with Crippen LogP contribution >= 0.6 is 23.1 Å². The summed E-state index contributed by atoms with van der Waals surface area (Å²) < 4.78 is 0. The Labute approximate surface area is 110 Å². The minimum atomic E-state index is -0.0541. The number of hydrogen-bond donors (Lipinski definition) is 2. The van der Waals surface area contributed by atoms with Gasteiger partial charge in [-0.25, -0.2) is 4.98 Å². The van der Waals surface area contributed by atoms with Gasteiger partial charge in [-0.1, -0.05) is 17.8 Å². The first-order chi connectivity index (χ1) is 8.15. The normalized spacial score (nSPS) is 10.5. The molecular formula is C11H19N3OS2. The first kappa shape index (κ1) is 14.3. The van der Waals surface area contributed by atoms with Gasteiger partial charge in [-0.05, 0) is 31.8 Å². The number of rotatable bonds is 7. The predicted molar refractivity (Wildman–Crippen MR) is 75.8 cm³/mol.